The van der Waals surface area contributed by atoms with Crippen LogP contribution in [-0.4, -0.2) is 0 Å². The van der Waals surface area contributed by atoms with Crippen LogP contribution in [-0.2, 0) is 12.8 Å². The lowest BCUT2D eigenvalue weighted by Gasteiger charge is -2.19. The minimum absolute atomic E-state index is 0.150. The molecule has 0 radical (unpaired) electrons. The Balaban J connectivity index is 2.22. The number of halogens is 1. The third-order valence-corrected chi connectivity index (χ3v) is 3.89. The molecule has 100 valence electrons. The summed E-state index contributed by atoms with van der Waals surface area (Å²) in [7, 11) is 0. The van der Waals surface area contributed by atoms with Gasteiger partial charge in [0.15, 0.2) is 0 Å². The second-order valence-electron chi connectivity index (χ2n) is 4.60. The van der Waals surface area contributed by atoms with Gasteiger partial charge in [-0.15, -0.1) is 0 Å². The van der Waals surface area contributed by atoms with E-state index in [1.165, 1.54) is 16.7 Å². The number of hydrogen-bond donors (Lipinski definition) is 2. The molecule has 0 heterocycles. The lowest BCUT2D eigenvalue weighted by molar-refractivity contribution is 0.548. The zero-order chi connectivity index (χ0) is 13.7. The van der Waals surface area contributed by atoms with Gasteiger partial charge in [0, 0.05) is 4.47 Å². The van der Waals surface area contributed by atoms with Crippen LogP contribution in [0.15, 0.2) is 53.0 Å². The van der Waals surface area contributed by atoms with Crippen LogP contribution in [0.1, 0.15) is 29.7 Å². The fraction of sp³-hybridized carbons (Fsp3) is 0.250. The van der Waals surface area contributed by atoms with Gasteiger partial charge in [0.1, 0.15) is 0 Å². The van der Waals surface area contributed by atoms with Gasteiger partial charge in [-0.05, 0) is 41.7 Å². The maximum Gasteiger partial charge on any atom is 0.0503 e. The van der Waals surface area contributed by atoms with Crippen LogP contribution < -0.4 is 11.3 Å². The van der Waals surface area contributed by atoms with E-state index < -0.39 is 0 Å². The summed E-state index contributed by atoms with van der Waals surface area (Å²) in [5.41, 5.74) is 6.86. The molecule has 2 nitrogen and oxygen atoms in total. The SMILES string of the molecule is CCc1ccccc1C(Cc1ccc(Br)cc1)NN. The van der Waals surface area contributed by atoms with E-state index in [-0.39, 0.29) is 6.04 Å². The normalized spacial score (nSPS) is 12.4. The lowest BCUT2D eigenvalue weighted by atomic mass is 9.94. The summed E-state index contributed by atoms with van der Waals surface area (Å²) in [5, 5.41) is 0. The number of benzene rings is 2. The molecule has 2 rings (SSSR count). The Bertz CT molecular complexity index is 523. The van der Waals surface area contributed by atoms with E-state index in [2.05, 4.69) is 76.8 Å². The van der Waals surface area contributed by atoms with Gasteiger partial charge in [-0.2, -0.15) is 0 Å². The highest BCUT2D eigenvalue weighted by atomic mass is 79.9. The Hall–Kier alpha value is -1.16. The zero-order valence-electron chi connectivity index (χ0n) is 11.1. The van der Waals surface area contributed by atoms with Crippen molar-refractivity contribution < 1.29 is 0 Å². The zero-order valence-corrected chi connectivity index (χ0v) is 12.7. The van der Waals surface area contributed by atoms with Crippen LogP contribution in [0.3, 0.4) is 0 Å². The first-order valence-electron chi connectivity index (χ1n) is 6.53. The highest BCUT2D eigenvalue weighted by Crippen LogP contribution is 2.22. The molecule has 19 heavy (non-hydrogen) atoms. The largest absolute Gasteiger partial charge is 0.271 e. The number of hydrogen-bond acceptors (Lipinski definition) is 2. The Kier molecular flexibility index (Phi) is 5.14. The van der Waals surface area contributed by atoms with E-state index in [0.29, 0.717) is 0 Å². The average molecular weight is 319 g/mol. The second-order valence-corrected chi connectivity index (χ2v) is 5.52. The Labute approximate surface area is 123 Å². The lowest BCUT2D eigenvalue weighted by Crippen LogP contribution is -2.30. The molecule has 0 saturated carbocycles. The second kappa shape index (κ2) is 6.85. The van der Waals surface area contributed by atoms with Gasteiger partial charge in [-0.3, -0.25) is 11.3 Å². The first-order valence-corrected chi connectivity index (χ1v) is 7.32. The third-order valence-electron chi connectivity index (χ3n) is 3.37. The van der Waals surface area contributed by atoms with Gasteiger partial charge in [0.25, 0.3) is 0 Å². The van der Waals surface area contributed by atoms with Crippen LogP contribution in [0.4, 0.5) is 0 Å². The molecule has 1 unspecified atom stereocenters. The maximum absolute atomic E-state index is 5.75. The van der Waals surface area contributed by atoms with Gasteiger partial charge >= 0.3 is 0 Å². The summed E-state index contributed by atoms with van der Waals surface area (Å²) in [5.74, 6) is 5.75. The topological polar surface area (TPSA) is 38.0 Å². The predicted octanol–water partition coefficient (Wildman–Crippen LogP) is 3.76. The number of nitrogens with one attached hydrogen (secondary N) is 1. The molecular formula is C16H19BrN2. The van der Waals surface area contributed by atoms with Gasteiger partial charge in [0.05, 0.1) is 6.04 Å². The quantitative estimate of drug-likeness (QED) is 0.650. The van der Waals surface area contributed by atoms with E-state index >= 15 is 0 Å². The van der Waals surface area contributed by atoms with E-state index in [1.54, 1.807) is 0 Å². The van der Waals surface area contributed by atoms with Crippen molar-refractivity contribution in [3.63, 3.8) is 0 Å². The minimum Gasteiger partial charge on any atom is -0.271 e. The third kappa shape index (κ3) is 3.66. The molecule has 1 atom stereocenters. The summed E-state index contributed by atoms with van der Waals surface area (Å²) in [6.07, 6.45) is 1.91. The number of nitrogens with two attached hydrogens (primary N) is 1. The first kappa shape index (κ1) is 14.3. The van der Waals surface area contributed by atoms with E-state index in [9.17, 15) is 0 Å². The van der Waals surface area contributed by atoms with Gasteiger partial charge in [-0.25, -0.2) is 0 Å². The van der Waals surface area contributed by atoms with Crippen molar-refractivity contribution in [3.8, 4) is 0 Å². The standard InChI is InChI=1S/C16H19BrN2/c1-2-13-5-3-4-6-15(13)16(19-18)11-12-7-9-14(17)10-8-12/h3-10,16,19H,2,11,18H2,1H3. The summed E-state index contributed by atoms with van der Waals surface area (Å²) >= 11 is 3.46. The van der Waals surface area contributed by atoms with Crippen molar-refractivity contribution in [2.45, 2.75) is 25.8 Å². The maximum atomic E-state index is 5.75. The Morgan fingerprint density at radius 3 is 2.42 bits per heavy atom. The van der Waals surface area contributed by atoms with Crippen molar-refractivity contribution in [2.24, 2.45) is 5.84 Å². The number of aryl methyl sites for hydroxylation is 1. The van der Waals surface area contributed by atoms with Crippen molar-refractivity contribution in [2.75, 3.05) is 0 Å². The molecule has 0 saturated heterocycles. The fourth-order valence-electron chi connectivity index (χ4n) is 2.31. The van der Waals surface area contributed by atoms with Gasteiger partial charge < -0.3 is 0 Å². The molecule has 2 aromatic rings. The van der Waals surface area contributed by atoms with Crippen LogP contribution in [0.2, 0.25) is 0 Å². The number of rotatable bonds is 5. The average Bonchev–Trinajstić information content (AvgIpc) is 2.46. The van der Waals surface area contributed by atoms with Crippen molar-refractivity contribution in [3.05, 3.63) is 69.7 Å². The van der Waals surface area contributed by atoms with Crippen molar-refractivity contribution >= 4 is 15.9 Å². The molecule has 0 aliphatic carbocycles. The molecule has 3 heteroatoms. The monoisotopic (exact) mass is 318 g/mol. The molecule has 0 aliphatic rings. The molecule has 0 amide bonds. The summed E-state index contributed by atoms with van der Waals surface area (Å²) in [4.78, 5) is 0. The Morgan fingerprint density at radius 2 is 1.79 bits per heavy atom. The Morgan fingerprint density at radius 1 is 1.11 bits per heavy atom. The molecular weight excluding hydrogens is 300 g/mol. The molecule has 0 spiro atoms. The van der Waals surface area contributed by atoms with Crippen LogP contribution in [0.5, 0.6) is 0 Å². The van der Waals surface area contributed by atoms with E-state index in [4.69, 9.17) is 5.84 Å². The fourth-order valence-corrected chi connectivity index (χ4v) is 2.58. The molecule has 0 aliphatic heterocycles. The van der Waals surface area contributed by atoms with E-state index in [0.717, 1.165) is 17.3 Å². The van der Waals surface area contributed by atoms with Crippen molar-refractivity contribution in [1.82, 2.24) is 5.43 Å². The minimum atomic E-state index is 0.150. The predicted molar refractivity (Wildman–Crippen MR) is 83.7 cm³/mol. The smallest absolute Gasteiger partial charge is 0.0503 e. The van der Waals surface area contributed by atoms with Crippen LogP contribution in [0.25, 0.3) is 0 Å². The number of hydrazine groups is 1. The van der Waals surface area contributed by atoms with E-state index in [1.807, 2.05) is 0 Å². The highest BCUT2D eigenvalue weighted by molar-refractivity contribution is 9.10. The summed E-state index contributed by atoms with van der Waals surface area (Å²) in [6, 6.07) is 17.0. The highest BCUT2D eigenvalue weighted by Gasteiger charge is 2.13. The van der Waals surface area contributed by atoms with Crippen molar-refractivity contribution in [1.29, 1.82) is 0 Å². The van der Waals surface area contributed by atoms with Gasteiger partial charge in [-0.1, -0.05) is 59.3 Å². The summed E-state index contributed by atoms with van der Waals surface area (Å²) in [6.45, 7) is 2.17. The van der Waals surface area contributed by atoms with Gasteiger partial charge in [0.2, 0.25) is 0 Å². The molecule has 0 bridgehead atoms. The molecule has 0 fully saturated rings. The molecule has 3 N–H and O–H groups in total. The van der Waals surface area contributed by atoms with Crippen LogP contribution in [0, 0.1) is 0 Å². The van der Waals surface area contributed by atoms with Crippen LogP contribution >= 0.6 is 15.9 Å². The molecule has 0 aromatic heterocycles. The first-order chi connectivity index (χ1) is 9.24. The summed E-state index contributed by atoms with van der Waals surface area (Å²) < 4.78 is 1.10. The molecule has 2 aromatic carbocycles.